The maximum absolute atomic E-state index is 6.19. The molecule has 0 amide bonds. The lowest BCUT2D eigenvalue weighted by Gasteiger charge is -2.06. The van der Waals surface area contributed by atoms with Gasteiger partial charge < -0.3 is 0 Å². The Kier molecular flexibility index (Phi) is 3.05. The van der Waals surface area contributed by atoms with Crippen molar-refractivity contribution in [2.45, 2.75) is 18.2 Å². The molecule has 0 aliphatic heterocycles. The van der Waals surface area contributed by atoms with Gasteiger partial charge in [-0.25, -0.2) is 0 Å². The largest absolute Gasteiger partial charge is 0.142 e. The Bertz CT molecular complexity index is 460. The zero-order valence-corrected chi connectivity index (χ0v) is 10.5. The predicted molar refractivity (Wildman–Crippen MR) is 68.0 cm³/mol. The maximum Gasteiger partial charge on any atom is 0.0594 e. The Morgan fingerprint density at radius 1 is 1.43 bits per heavy atom. The molecule has 0 fully saturated rings. The topological polar surface area (TPSA) is 0 Å². The van der Waals surface area contributed by atoms with Crippen LogP contribution in [-0.2, 0) is 6.42 Å². The molecule has 0 aliphatic rings. The van der Waals surface area contributed by atoms with Crippen LogP contribution in [0.25, 0.3) is 10.1 Å². The first-order valence-electron chi connectivity index (χ1n) is 4.50. The second-order valence-electron chi connectivity index (χ2n) is 3.06. The number of thiophene rings is 1. The van der Waals surface area contributed by atoms with E-state index in [1.165, 1.54) is 20.5 Å². The van der Waals surface area contributed by atoms with Crippen LogP contribution in [0.15, 0.2) is 22.4 Å². The summed E-state index contributed by atoms with van der Waals surface area (Å²) in [7, 11) is 0. The molecule has 0 aliphatic carbocycles. The van der Waals surface area contributed by atoms with Crippen LogP contribution < -0.4 is 0 Å². The predicted octanol–water partition coefficient (Wildman–Crippen LogP) is 4.84. The van der Waals surface area contributed by atoms with Gasteiger partial charge in [0.05, 0.1) is 5.02 Å². The Morgan fingerprint density at radius 2 is 2.21 bits per heavy atom. The number of fused-ring (bicyclic) bond motifs is 1. The Hall–Kier alpha value is -0.180. The summed E-state index contributed by atoms with van der Waals surface area (Å²) in [6, 6.07) is 4.36. The Morgan fingerprint density at radius 3 is 2.86 bits per heavy atom. The molecule has 0 atom stereocenters. The van der Waals surface area contributed by atoms with Gasteiger partial charge in [-0.1, -0.05) is 18.5 Å². The quantitative estimate of drug-likeness (QED) is 0.679. The molecular weight excluding hydrogens is 232 g/mol. The van der Waals surface area contributed by atoms with Crippen molar-refractivity contribution in [2.24, 2.45) is 0 Å². The third-order valence-corrected chi connectivity index (χ3v) is 4.53. The average molecular weight is 243 g/mol. The molecule has 0 saturated heterocycles. The van der Waals surface area contributed by atoms with Crippen molar-refractivity contribution in [3.8, 4) is 0 Å². The number of rotatable bonds is 2. The molecular formula is C11H11ClS2. The van der Waals surface area contributed by atoms with Gasteiger partial charge in [-0.2, -0.15) is 0 Å². The van der Waals surface area contributed by atoms with Crippen molar-refractivity contribution in [3.05, 3.63) is 28.1 Å². The molecule has 0 radical (unpaired) electrons. The van der Waals surface area contributed by atoms with Gasteiger partial charge in [-0.3, -0.25) is 0 Å². The molecule has 74 valence electrons. The maximum atomic E-state index is 6.19. The second kappa shape index (κ2) is 4.13. The normalized spacial score (nSPS) is 11.1. The van der Waals surface area contributed by atoms with E-state index in [1.54, 1.807) is 23.1 Å². The van der Waals surface area contributed by atoms with Gasteiger partial charge in [0.25, 0.3) is 0 Å². The summed E-state index contributed by atoms with van der Waals surface area (Å²) < 4.78 is 1.30. The fourth-order valence-corrected chi connectivity index (χ4v) is 3.63. The minimum atomic E-state index is 0.901. The third-order valence-electron chi connectivity index (χ3n) is 2.33. The van der Waals surface area contributed by atoms with E-state index in [0.717, 1.165) is 11.4 Å². The van der Waals surface area contributed by atoms with Crippen molar-refractivity contribution in [3.63, 3.8) is 0 Å². The summed E-state index contributed by atoms with van der Waals surface area (Å²) in [4.78, 5) is 1.35. The van der Waals surface area contributed by atoms with Gasteiger partial charge >= 0.3 is 0 Å². The number of thioether (sulfide) groups is 1. The van der Waals surface area contributed by atoms with Crippen molar-refractivity contribution < 1.29 is 0 Å². The second-order valence-corrected chi connectivity index (χ2v) is 5.22. The van der Waals surface area contributed by atoms with Crippen molar-refractivity contribution >= 4 is 44.8 Å². The van der Waals surface area contributed by atoms with Crippen molar-refractivity contribution in [1.82, 2.24) is 0 Å². The van der Waals surface area contributed by atoms with Crippen LogP contribution in [0.2, 0.25) is 5.02 Å². The minimum absolute atomic E-state index is 0.901. The first kappa shape index (κ1) is 10.3. The molecule has 1 aromatic carbocycles. The van der Waals surface area contributed by atoms with E-state index in [-0.39, 0.29) is 0 Å². The molecule has 0 bridgehead atoms. The summed E-state index contributed by atoms with van der Waals surface area (Å²) >= 11 is 9.70. The molecule has 0 N–H and O–H groups in total. The summed E-state index contributed by atoms with van der Waals surface area (Å²) in [5.41, 5.74) is 1.39. The molecule has 0 unspecified atom stereocenters. The summed E-state index contributed by atoms with van der Waals surface area (Å²) in [6.07, 6.45) is 3.16. The SMILES string of the molecule is CCc1c(SC)ccc2scc(Cl)c12. The fourth-order valence-electron chi connectivity index (χ4n) is 1.68. The highest BCUT2D eigenvalue weighted by molar-refractivity contribution is 7.98. The first-order chi connectivity index (χ1) is 6.77. The zero-order chi connectivity index (χ0) is 10.1. The van der Waals surface area contributed by atoms with Crippen LogP contribution in [0, 0.1) is 0 Å². The van der Waals surface area contributed by atoms with E-state index in [9.17, 15) is 0 Å². The minimum Gasteiger partial charge on any atom is -0.142 e. The molecule has 14 heavy (non-hydrogen) atoms. The van der Waals surface area contributed by atoms with Crippen LogP contribution in [-0.4, -0.2) is 6.26 Å². The van der Waals surface area contributed by atoms with Crippen molar-refractivity contribution in [2.75, 3.05) is 6.26 Å². The van der Waals surface area contributed by atoms with E-state index in [2.05, 4.69) is 25.3 Å². The molecule has 0 saturated carbocycles. The summed E-state index contributed by atoms with van der Waals surface area (Å²) in [5, 5.41) is 4.18. The van der Waals surface area contributed by atoms with Crippen LogP contribution in [0.1, 0.15) is 12.5 Å². The van der Waals surface area contributed by atoms with E-state index < -0.39 is 0 Å². The van der Waals surface area contributed by atoms with Crippen molar-refractivity contribution in [1.29, 1.82) is 0 Å². The first-order valence-corrected chi connectivity index (χ1v) is 6.98. The number of hydrogen-bond acceptors (Lipinski definition) is 2. The van der Waals surface area contributed by atoms with Crippen LogP contribution in [0.5, 0.6) is 0 Å². The number of aryl methyl sites for hydroxylation is 1. The highest BCUT2D eigenvalue weighted by atomic mass is 35.5. The van der Waals surface area contributed by atoms with Gasteiger partial charge in [0, 0.05) is 20.4 Å². The van der Waals surface area contributed by atoms with E-state index in [0.29, 0.717) is 0 Å². The molecule has 3 heteroatoms. The summed E-state index contributed by atoms with van der Waals surface area (Å²) in [6.45, 7) is 2.18. The lowest BCUT2D eigenvalue weighted by molar-refractivity contribution is 1.11. The Balaban J connectivity index is 2.81. The smallest absolute Gasteiger partial charge is 0.0594 e. The van der Waals surface area contributed by atoms with E-state index in [4.69, 9.17) is 11.6 Å². The van der Waals surface area contributed by atoms with Gasteiger partial charge in [0.2, 0.25) is 0 Å². The van der Waals surface area contributed by atoms with Gasteiger partial charge in [0.1, 0.15) is 0 Å². The molecule has 0 spiro atoms. The third kappa shape index (κ3) is 1.56. The molecule has 2 rings (SSSR count). The number of benzene rings is 1. The summed E-state index contributed by atoms with van der Waals surface area (Å²) in [5.74, 6) is 0. The zero-order valence-electron chi connectivity index (χ0n) is 8.13. The molecule has 1 aromatic heterocycles. The highest BCUT2D eigenvalue weighted by Gasteiger charge is 2.09. The van der Waals surface area contributed by atoms with Gasteiger partial charge in [0.15, 0.2) is 0 Å². The van der Waals surface area contributed by atoms with Crippen LogP contribution in [0.4, 0.5) is 0 Å². The molecule has 1 heterocycles. The van der Waals surface area contributed by atoms with E-state index >= 15 is 0 Å². The van der Waals surface area contributed by atoms with Crippen LogP contribution >= 0.6 is 34.7 Å². The fraction of sp³-hybridized carbons (Fsp3) is 0.273. The monoisotopic (exact) mass is 242 g/mol. The van der Waals surface area contributed by atoms with Crippen LogP contribution in [0.3, 0.4) is 0 Å². The lowest BCUT2D eigenvalue weighted by Crippen LogP contribution is -1.85. The molecule has 0 nitrogen and oxygen atoms in total. The van der Waals surface area contributed by atoms with E-state index in [1.807, 2.05) is 5.38 Å². The standard InChI is InChI=1S/C11H11ClS2/c1-3-7-9(13-2)4-5-10-11(7)8(12)6-14-10/h4-6H,3H2,1-2H3. The number of halogens is 1. The molecule has 2 aromatic rings. The highest BCUT2D eigenvalue weighted by Crippen LogP contribution is 2.37. The lowest BCUT2D eigenvalue weighted by atomic mass is 10.1. The average Bonchev–Trinajstić information content (AvgIpc) is 2.59. The number of hydrogen-bond donors (Lipinski definition) is 0. The van der Waals surface area contributed by atoms with Gasteiger partial charge in [-0.15, -0.1) is 23.1 Å². The Labute approximate surface area is 97.3 Å². The van der Waals surface area contributed by atoms with Gasteiger partial charge in [-0.05, 0) is 30.4 Å².